The summed E-state index contributed by atoms with van der Waals surface area (Å²) < 4.78 is 0. The first kappa shape index (κ1) is 16.7. The van der Waals surface area contributed by atoms with E-state index in [2.05, 4.69) is 63.0 Å². The lowest BCUT2D eigenvalue weighted by Crippen LogP contribution is -2.23. The van der Waals surface area contributed by atoms with Crippen molar-refractivity contribution >= 4 is 11.6 Å². The Bertz CT molecular complexity index is 457. The Morgan fingerprint density at radius 3 is 2.25 bits per heavy atom. The van der Waals surface area contributed by atoms with Gasteiger partial charge in [-0.3, -0.25) is 9.69 Å². The van der Waals surface area contributed by atoms with E-state index in [1.165, 1.54) is 11.1 Å². The number of nitrogens with one attached hydrogen (secondary N) is 1. The predicted octanol–water partition coefficient (Wildman–Crippen LogP) is 3.78. The number of amides is 1. The predicted molar refractivity (Wildman–Crippen MR) is 86.1 cm³/mol. The molecule has 0 unspecified atom stereocenters. The highest BCUT2D eigenvalue weighted by molar-refractivity contribution is 5.89. The van der Waals surface area contributed by atoms with Crippen molar-refractivity contribution in [3.63, 3.8) is 0 Å². The lowest BCUT2D eigenvalue weighted by Gasteiger charge is -2.24. The van der Waals surface area contributed by atoms with Gasteiger partial charge in [-0.2, -0.15) is 0 Å². The van der Waals surface area contributed by atoms with Gasteiger partial charge in [-0.25, -0.2) is 0 Å². The van der Waals surface area contributed by atoms with E-state index in [9.17, 15) is 4.79 Å². The minimum Gasteiger partial charge on any atom is -0.326 e. The molecule has 0 aliphatic heterocycles. The molecule has 20 heavy (non-hydrogen) atoms. The molecule has 112 valence electrons. The fourth-order valence-corrected chi connectivity index (χ4v) is 2.17. The van der Waals surface area contributed by atoms with E-state index in [4.69, 9.17) is 0 Å². The van der Waals surface area contributed by atoms with E-state index in [0.717, 1.165) is 25.3 Å². The van der Waals surface area contributed by atoms with E-state index >= 15 is 0 Å². The highest BCUT2D eigenvalue weighted by Crippen LogP contribution is 2.28. The van der Waals surface area contributed by atoms with Gasteiger partial charge in [0, 0.05) is 19.2 Å². The number of carbonyl (C=O) groups excluding carboxylic acids is 1. The summed E-state index contributed by atoms with van der Waals surface area (Å²) in [5, 5.41) is 2.97. The summed E-state index contributed by atoms with van der Waals surface area (Å²) in [6.07, 6.45) is 0. The standard InChI is InChI=1S/C17H28N2O/c1-7-19(8-2)12-14-9-10-15(17(4,5)6)11-16(14)18-13(3)20/h9-11H,7-8,12H2,1-6H3,(H,18,20). The molecule has 0 aliphatic carbocycles. The second-order valence-corrected chi connectivity index (χ2v) is 6.26. The quantitative estimate of drug-likeness (QED) is 0.887. The summed E-state index contributed by atoms with van der Waals surface area (Å²) in [6.45, 7) is 15.3. The zero-order chi connectivity index (χ0) is 15.3. The van der Waals surface area contributed by atoms with Crippen LogP contribution in [0.1, 0.15) is 52.7 Å². The lowest BCUT2D eigenvalue weighted by atomic mass is 9.86. The summed E-state index contributed by atoms with van der Waals surface area (Å²) in [5.41, 5.74) is 3.44. The summed E-state index contributed by atoms with van der Waals surface area (Å²) >= 11 is 0. The van der Waals surface area contributed by atoms with E-state index < -0.39 is 0 Å². The van der Waals surface area contributed by atoms with E-state index in [1.54, 1.807) is 6.92 Å². The summed E-state index contributed by atoms with van der Waals surface area (Å²) in [7, 11) is 0. The third-order valence-electron chi connectivity index (χ3n) is 3.57. The molecule has 1 rings (SSSR count). The molecule has 0 heterocycles. The smallest absolute Gasteiger partial charge is 0.221 e. The Hall–Kier alpha value is -1.35. The summed E-state index contributed by atoms with van der Waals surface area (Å²) in [4.78, 5) is 13.8. The van der Waals surface area contributed by atoms with Gasteiger partial charge in [0.15, 0.2) is 0 Å². The molecule has 0 atom stereocenters. The molecular weight excluding hydrogens is 248 g/mol. The Kier molecular flexibility index (Phi) is 5.75. The minimum atomic E-state index is -0.0168. The van der Waals surface area contributed by atoms with Crippen molar-refractivity contribution in [3.05, 3.63) is 29.3 Å². The van der Waals surface area contributed by atoms with Crippen LogP contribution in [0, 0.1) is 0 Å². The van der Waals surface area contributed by atoms with Crippen molar-refractivity contribution in [2.24, 2.45) is 0 Å². The minimum absolute atomic E-state index is 0.0168. The van der Waals surface area contributed by atoms with Gasteiger partial charge in [0.05, 0.1) is 0 Å². The van der Waals surface area contributed by atoms with Crippen LogP contribution < -0.4 is 5.32 Å². The van der Waals surface area contributed by atoms with Gasteiger partial charge in [-0.15, -0.1) is 0 Å². The van der Waals surface area contributed by atoms with Crippen LogP contribution in [-0.4, -0.2) is 23.9 Å². The molecule has 0 fully saturated rings. The molecule has 3 heteroatoms. The molecule has 0 aliphatic rings. The molecule has 0 saturated heterocycles. The second-order valence-electron chi connectivity index (χ2n) is 6.26. The maximum Gasteiger partial charge on any atom is 0.221 e. The topological polar surface area (TPSA) is 32.3 Å². The number of hydrogen-bond acceptors (Lipinski definition) is 2. The van der Waals surface area contributed by atoms with Crippen molar-refractivity contribution < 1.29 is 4.79 Å². The van der Waals surface area contributed by atoms with Gasteiger partial charge in [0.2, 0.25) is 5.91 Å². The molecular formula is C17H28N2O. The second kappa shape index (κ2) is 6.89. The Morgan fingerprint density at radius 2 is 1.80 bits per heavy atom. The fourth-order valence-electron chi connectivity index (χ4n) is 2.17. The first-order valence-corrected chi connectivity index (χ1v) is 7.41. The third kappa shape index (κ3) is 4.64. The third-order valence-corrected chi connectivity index (χ3v) is 3.57. The number of rotatable bonds is 5. The molecule has 1 amide bonds. The Labute approximate surface area is 123 Å². The molecule has 1 N–H and O–H groups in total. The number of nitrogens with zero attached hydrogens (tertiary/aromatic N) is 1. The number of benzene rings is 1. The molecule has 3 nitrogen and oxygen atoms in total. The lowest BCUT2D eigenvalue weighted by molar-refractivity contribution is -0.114. The molecule has 0 bridgehead atoms. The normalized spacial score (nSPS) is 11.8. The Morgan fingerprint density at radius 1 is 1.20 bits per heavy atom. The van der Waals surface area contributed by atoms with Crippen molar-refractivity contribution in [1.29, 1.82) is 0 Å². The number of carbonyl (C=O) groups is 1. The van der Waals surface area contributed by atoms with E-state index in [1.807, 2.05) is 0 Å². The first-order chi connectivity index (χ1) is 9.27. The Balaban J connectivity index is 3.12. The maximum absolute atomic E-state index is 11.4. The molecule has 0 radical (unpaired) electrons. The van der Waals surface area contributed by atoms with Crippen LogP contribution in [-0.2, 0) is 16.8 Å². The fraction of sp³-hybridized carbons (Fsp3) is 0.588. The summed E-state index contributed by atoms with van der Waals surface area (Å²) in [6, 6.07) is 6.43. The van der Waals surface area contributed by atoms with Gasteiger partial charge in [-0.1, -0.05) is 46.8 Å². The van der Waals surface area contributed by atoms with Crippen LogP contribution in [0.15, 0.2) is 18.2 Å². The average Bonchev–Trinajstić information content (AvgIpc) is 2.35. The van der Waals surface area contributed by atoms with Crippen molar-refractivity contribution in [3.8, 4) is 0 Å². The molecule has 1 aromatic carbocycles. The zero-order valence-electron chi connectivity index (χ0n) is 13.7. The average molecular weight is 276 g/mol. The first-order valence-electron chi connectivity index (χ1n) is 7.41. The molecule has 0 aromatic heterocycles. The van der Waals surface area contributed by atoms with Crippen molar-refractivity contribution in [2.75, 3.05) is 18.4 Å². The van der Waals surface area contributed by atoms with Crippen LogP contribution in [0.3, 0.4) is 0 Å². The van der Waals surface area contributed by atoms with Gasteiger partial charge in [0.25, 0.3) is 0 Å². The van der Waals surface area contributed by atoms with Crippen LogP contribution in [0.4, 0.5) is 5.69 Å². The molecule has 0 spiro atoms. The van der Waals surface area contributed by atoms with E-state index in [0.29, 0.717) is 0 Å². The highest BCUT2D eigenvalue weighted by atomic mass is 16.1. The number of hydrogen-bond donors (Lipinski definition) is 1. The van der Waals surface area contributed by atoms with E-state index in [-0.39, 0.29) is 11.3 Å². The van der Waals surface area contributed by atoms with Gasteiger partial charge >= 0.3 is 0 Å². The molecule has 1 aromatic rings. The van der Waals surface area contributed by atoms with Gasteiger partial charge < -0.3 is 5.32 Å². The maximum atomic E-state index is 11.4. The SMILES string of the molecule is CCN(CC)Cc1ccc(C(C)(C)C)cc1NC(C)=O. The highest BCUT2D eigenvalue weighted by Gasteiger charge is 2.16. The van der Waals surface area contributed by atoms with Crippen molar-refractivity contribution in [2.45, 2.75) is 53.5 Å². The van der Waals surface area contributed by atoms with Gasteiger partial charge in [-0.05, 0) is 35.7 Å². The van der Waals surface area contributed by atoms with Crippen LogP contribution in [0.2, 0.25) is 0 Å². The van der Waals surface area contributed by atoms with Gasteiger partial charge in [0.1, 0.15) is 0 Å². The zero-order valence-corrected chi connectivity index (χ0v) is 13.7. The van der Waals surface area contributed by atoms with Crippen LogP contribution in [0.5, 0.6) is 0 Å². The molecule has 0 saturated carbocycles. The monoisotopic (exact) mass is 276 g/mol. The van der Waals surface area contributed by atoms with Crippen LogP contribution in [0.25, 0.3) is 0 Å². The number of anilines is 1. The largest absolute Gasteiger partial charge is 0.326 e. The summed E-state index contributed by atoms with van der Waals surface area (Å²) in [5.74, 6) is -0.0168. The van der Waals surface area contributed by atoms with Crippen LogP contribution >= 0.6 is 0 Å². The van der Waals surface area contributed by atoms with Crippen molar-refractivity contribution in [1.82, 2.24) is 4.90 Å².